The SMILES string of the molecule is COC(=O)CSc1nc2c(c(=O)n1-c1ccccc1)CN(c1nc3ccc(C(F)(F)F)cc3[nH]1)CC2. The van der Waals surface area contributed by atoms with E-state index in [1.807, 2.05) is 11.0 Å². The predicted octanol–water partition coefficient (Wildman–Crippen LogP) is 3.96. The molecule has 5 rings (SSSR count). The molecule has 2 aromatic carbocycles. The first kappa shape index (κ1) is 23.9. The molecule has 4 aromatic rings. The Bertz CT molecular complexity index is 1500. The highest BCUT2D eigenvalue weighted by Gasteiger charge is 2.31. The fourth-order valence-electron chi connectivity index (χ4n) is 4.04. The van der Waals surface area contributed by atoms with Crippen LogP contribution in [0.2, 0.25) is 0 Å². The summed E-state index contributed by atoms with van der Waals surface area (Å²) in [5.41, 5.74) is 1.30. The first-order chi connectivity index (χ1) is 17.2. The highest BCUT2D eigenvalue weighted by atomic mass is 32.2. The van der Waals surface area contributed by atoms with Gasteiger partial charge < -0.3 is 14.6 Å². The smallest absolute Gasteiger partial charge is 0.416 e. The summed E-state index contributed by atoms with van der Waals surface area (Å²) in [4.78, 5) is 39.3. The largest absolute Gasteiger partial charge is 0.468 e. The average molecular weight is 516 g/mol. The van der Waals surface area contributed by atoms with Crippen LogP contribution >= 0.6 is 11.8 Å². The van der Waals surface area contributed by atoms with Gasteiger partial charge in [0.1, 0.15) is 0 Å². The first-order valence-electron chi connectivity index (χ1n) is 11.0. The Hall–Kier alpha value is -3.80. The van der Waals surface area contributed by atoms with Crippen LogP contribution in [0.1, 0.15) is 16.8 Å². The molecule has 2 aromatic heterocycles. The van der Waals surface area contributed by atoms with Crippen LogP contribution in [0.5, 0.6) is 0 Å². The van der Waals surface area contributed by atoms with E-state index in [2.05, 4.69) is 9.97 Å². The number of hydrogen-bond acceptors (Lipinski definition) is 7. The lowest BCUT2D eigenvalue weighted by molar-refractivity contribution is -0.138. The van der Waals surface area contributed by atoms with Crippen LogP contribution in [0.3, 0.4) is 0 Å². The number of methoxy groups -OCH3 is 1. The number of thioether (sulfide) groups is 1. The molecule has 0 amide bonds. The van der Waals surface area contributed by atoms with Crippen molar-refractivity contribution in [1.29, 1.82) is 0 Å². The topological polar surface area (TPSA) is 93.1 Å². The Morgan fingerprint density at radius 1 is 1.17 bits per heavy atom. The van der Waals surface area contributed by atoms with E-state index in [0.29, 0.717) is 46.5 Å². The minimum atomic E-state index is -4.46. The summed E-state index contributed by atoms with van der Waals surface area (Å²) in [5, 5.41) is 0.382. The van der Waals surface area contributed by atoms with Crippen molar-refractivity contribution in [2.75, 3.05) is 24.3 Å². The predicted molar refractivity (Wildman–Crippen MR) is 128 cm³/mol. The summed E-state index contributed by atoms with van der Waals surface area (Å²) in [6.07, 6.45) is -4.03. The fraction of sp³-hybridized carbons (Fsp3) is 0.250. The molecule has 0 spiro atoms. The number of ether oxygens (including phenoxy) is 1. The Morgan fingerprint density at radius 2 is 1.94 bits per heavy atom. The Morgan fingerprint density at radius 3 is 2.67 bits per heavy atom. The highest BCUT2D eigenvalue weighted by Crippen LogP contribution is 2.32. The van der Waals surface area contributed by atoms with Crippen molar-refractivity contribution < 1.29 is 22.7 Å². The molecule has 0 fully saturated rings. The lowest BCUT2D eigenvalue weighted by Gasteiger charge is -2.28. The Balaban J connectivity index is 1.52. The van der Waals surface area contributed by atoms with Gasteiger partial charge in [0.25, 0.3) is 5.56 Å². The molecule has 186 valence electrons. The van der Waals surface area contributed by atoms with Gasteiger partial charge in [-0.3, -0.25) is 14.2 Å². The molecule has 1 aliphatic rings. The number of alkyl halides is 3. The summed E-state index contributed by atoms with van der Waals surface area (Å²) >= 11 is 1.12. The number of esters is 1. The maximum absolute atomic E-state index is 13.7. The van der Waals surface area contributed by atoms with E-state index in [4.69, 9.17) is 9.72 Å². The first-order valence-corrected chi connectivity index (χ1v) is 11.9. The molecule has 0 atom stereocenters. The number of benzene rings is 2. The average Bonchev–Trinajstić information content (AvgIpc) is 3.31. The summed E-state index contributed by atoms with van der Waals surface area (Å²) in [6.45, 7) is 0.643. The Kier molecular flexibility index (Phi) is 6.20. The molecule has 0 bridgehead atoms. The van der Waals surface area contributed by atoms with Crippen LogP contribution in [0.15, 0.2) is 58.5 Å². The quantitative estimate of drug-likeness (QED) is 0.244. The number of nitrogens with one attached hydrogen (secondary N) is 1. The number of aromatic nitrogens is 4. The van der Waals surface area contributed by atoms with Crippen molar-refractivity contribution in [2.45, 2.75) is 24.3 Å². The lowest BCUT2D eigenvalue weighted by Crippen LogP contribution is -2.38. The third-order valence-electron chi connectivity index (χ3n) is 5.86. The van der Waals surface area contributed by atoms with Crippen LogP contribution in [0, 0.1) is 0 Å². The van der Waals surface area contributed by atoms with E-state index in [-0.39, 0.29) is 23.4 Å². The van der Waals surface area contributed by atoms with Gasteiger partial charge in [-0.15, -0.1) is 0 Å². The standard InChI is InChI=1S/C24H20F3N5O3S/c1-35-20(33)13-36-23-30-17-9-10-31(12-16(17)21(34)32(23)15-5-3-2-4-6-15)22-28-18-8-7-14(24(25,26)27)11-19(18)29-22/h2-8,11H,9-10,12-13H2,1H3,(H,28,29). The number of imidazole rings is 1. The van der Waals surface area contributed by atoms with Crippen LogP contribution in [0.4, 0.5) is 19.1 Å². The van der Waals surface area contributed by atoms with Crippen LogP contribution < -0.4 is 10.5 Å². The van der Waals surface area contributed by atoms with Gasteiger partial charge in [-0.1, -0.05) is 30.0 Å². The Labute approximate surface area is 207 Å². The van der Waals surface area contributed by atoms with Gasteiger partial charge in [-0.05, 0) is 30.3 Å². The second-order valence-electron chi connectivity index (χ2n) is 8.12. The highest BCUT2D eigenvalue weighted by molar-refractivity contribution is 7.99. The zero-order chi connectivity index (χ0) is 25.4. The van der Waals surface area contributed by atoms with Crippen molar-refractivity contribution in [1.82, 2.24) is 19.5 Å². The van der Waals surface area contributed by atoms with Gasteiger partial charge in [0.05, 0.1) is 52.9 Å². The number of carbonyl (C=O) groups excluding carboxylic acids is 1. The summed E-state index contributed by atoms with van der Waals surface area (Å²) < 4.78 is 45.5. The normalized spacial score (nSPS) is 13.6. The van der Waals surface area contributed by atoms with Gasteiger partial charge in [0.2, 0.25) is 5.95 Å². The molecule has 1 N–H and O–H groups in total. The van der Waals surface area contributed by atoms with Crippen LogP contribution in [0.25, 0.3) is 16.7 Å². The van der Waals surface area contributed by atoms with E-state index in [9.17, 15) is 22.8 Å². The summed E-state index contributed by atoms with van der Waals surface area (Å²) in [7, 11) is 1.30. The number of hydrogen-bond donors (Lipinski definition) is 1. The van der Waals surface area contributed by atoms with Crippen LogP contribution in [-0.2, 0) is 28.7 Å². The number of halogens is 3. The molecule has 0 unspecified atom stereocenters. The van der Waals surface area contributed by atoms with E-state index < -0.39 is 17.7 Å². The molecule has 1 aliphatic heterocycles. The second-order valence-corrected chi connectivity index (χ2v) is 9.06. The minimum Gasteiger partial charge on any atom is -0.468 e. The third kappa shape index (κ3) is 4.55. The van der Waals surface area contributed by atoms with Gasteiger partial charge >= 0.3 is 12.1 Å². The molecule has 36 heavy (non-hydrogen) atoms. The lowest BCUT2D eigenvalue weighted by atomic mass is 10.1. The zero-order valence-corrected chi connectivity index (χ0v) is 19.8. The van der Waals surface area contributed by atoms with Gasteiger partial charge in [-0.25, -0.2) is 9.97 Å². The molecular formula is C24H20F3N5O3S. The monoisotopic (exact) mass is 515 g/mol. The number of carbonyl (C=O) groups is 1. The number of anilines is 1. The van der Waals surface area contributed by atoms with Crippen molar-refractivity contribution in [3.63, 3.8) is 0 Å². The van der Waals surface area contributed by atoms with Crippen molar-refractivity contribution in [3.05, 3.63) is 75.7 Å². The summed E-state index contributed by atoms with van der Waals surface area (Å²) in [6, 6.07) is 12.3. The second kappa shape index (κ2) is 9.34. The van der Waals surface area contributed by atoms with Gasteiger partial charge in [-0.2, -0.15) is 13.2 Å². The van der Waals surface area contributed by atoms with E-state index in [1.54, 1.807) is 24.3 Å². The number of fused-ring (bicyclic) bond motifs is 2. The molecule has 0 saturated heterocycles. The number of rotatable bonds is 5. The molecule has 0 aliphatic carbocycles. The third-order valence-corrected chi connectivity index (χ3v) is 6.77. The molecule has 3 heterocycles. The number of nitrogens with zero attached hydrogens (tertiary/aromatic N) is 4. The van der Waals surface area contributed by atoms with Crippen molar-refractivity contribution >= 4 is 34.7 Å². The molecule has 12 heteroatoms. The number of aromatic amines is 1. The van der Waals surface area contributed by atoms with E-state index in [1.165, 1.54) is 17.7 Å². The van der Waals surface area contributed by atoms with Crippen LogP contribution in [-0.4, -0.2) is 44.9 Å². The van der Waals surface area contributed by atoms with Crippen molar-refractivity contribution in [3.8, 4) is 5.69 Å². The number of H-pyrrole nitrogens is 1. The summed E-state index contributed by atoms with van der Waals surface area (Å²) in [5.74, 6) is -0.0549. The van der Waals surface area contributed by atoms with Gasteiger partial charge in [0.15, 0.2) is 5.16 Å². The molecule has 0 radical (unpaired) electrons. The molecule has 8 nitrogen and oxygen atoms in total. The van der Waals surface area contributed by atoms with Gasteiger partial charge in [0, 0.05) is 13.0 Å². The molecular weight excluding hydrogens is 495 g/mol. The van der Waals surface area contributed by atoms with Crippen molar-refractivity contribution in [2.24, 2.45) is 0 Å². The fourth-order valence-corrected chi connectivity index (χ4v) is 4.90. The van der Waals surface area contributed by atoms with E-state index >= 15 is 0 Å². The maximum atomic E-state index is 13.7. The van der Waals surface area contributed by atoms with E-state index in [0.717, 1.165) is 23.9 Å². The molecule has 0 saturated carbocycles. The minimum absolute atomic E-state index is 0.000413. The number of para-hydroxylation sites is 1. The zero-order valence-electron chi connectivity index (χ0n) is 19.0. The maximum Gasteiger partial charge on any atom is 0.416 e.